The number of hydrogen-bond donors (Lipinski definition) is 2. The summed E-state index contributed by atoms with van der Waals surface area (Å²) in [5.41, 5.74) is 1.41. The molecule has 30 heavy (non-hydrogen) atoms. The number of nitrogens with one attached hydrogen (secondary N) is 1. The van der Waals surface area contributed by atoms with E-state index in [0.29, 0.717) is 44.2 Å². The lowest BCUT2D eigenvalue weighted by atomic mass is 10.2. The highest BCUT2D eigenvalue weighted by Crippen LogP contribution is 2.17. The van der Waals surface area contributed by atoms with E-state index < -0.39 is 6.10 Å². The molecule has 2 aromatic rings. The number of carbonyl (C=O) groups excluding carboxylic acids is 2. The summed E-state index contributed by atoms with van der Waals surface area (Å²) < 4.78 is 18.6. The maximum Gasteiger partial charge on any atom is 0.306 e. The fourth-order valence-corrected chi connectivity index (χ4v) is 3.23. The van der Waals surface area contributed by atoms with Crippen molar-refractivity contribution in [1.29, 1.82) is 0 Å². The molecule has 2 N–H and O–H groups in total. The number of anilines is 1. The lowest BCUT2D eigenvalue weighted by Crippen LogP contribution is -2.39. The lowest BCUT2D eigenvalue weighted by Gasteiger charge is -2.21. The second kappa shape index (κ2) is 12.9. The Labute approximate surface area is 180 Å². The molecule has 1 aromatic carbocycles. The van der Waals surface area contributed by atoms with Crippen molar-refractivity contribution >= 4 is 29.3 Å². The number of aromatic nitrogens is 2. The standard InChI is InChI=1S/C20H28N4O5S/c1-3-28-19(27)10-9-18-20(23-30-22-18)29-14-17(26)13-21-11-12-24(15(2)25)16-7-5-4-6-8-16/h4-8,17,21,26H,3,9-14H2,1-2H3. The normalized spacial score (nSPS) is 11.7. The minimum atomic E-state index is -0.757. The van der Waals surface area contributed by atoms with E-state index in [2.05, 4.69) is 14.1 Å². The van der Waals surface area contributed by atoms with Gasteiger partial charge in [-0.25, -0.2) is 0 Å². The van der Waals surface area contributed by atoms with Crippen LogP contribution in [0.25, 0.3) is 0 Å². The number of carbonyl (C=O) groups is 2. The zero-order valence-electron chi connectivity index (χ0n) is 17.2. The van der Waals surface area contributed by atoms with Crippen molar-refractivity contribution in [3.8, 4) is 5.88 Å². The van der Waals surface area contributed by atoms with Crippen molar-refractivity contribution in [2.45, 2.75) is 32.8 Å². The van der Waals surface area contributed by atoms with Gasteiger partial charge in [0.1, 0.15) is 18.4 Å². The van der Waals surface area contributed by atoms with Crippen LogP contribution < -0.4 is 15.0 Å². The Morgan fingerprint density at radius 3 is 2.73 bits per heavy atom. The maximum atomic E-state index is 11.9. The summed E-state index contributed by atoms with van der Waals surface area (Å²) in [6, 6.07) is 9.43. The van der Waals surface area contributed by atoms with Gasteiger partial charge in [0.15, 0.2) is 0 Å². The van der Waals surface area contributed by atoms with E-state index in [1.807, 2.05) is 30.3 Å². The Morgan fingerprint density at radius 1 is 1.27 bits per heavy atom. The summed E-state index contributed by atoms with van der Waals surface area (Å²) in [5, 5.41) is 13.3. The van der Waals surface area contributed by atoms with Crippen LogP contribution in [0, 0.1) is 0 Å². The van der Waals surface area contributed by atoms with E-state index in [9.17, 15) is 14.7 Å². The number of aliphatic hydroxyl groups is 1. The zero-order valence-corrected chi connectivity index (χ0v) is 18.1. The Hall–Kier alpha value is -2.56. The molecule has 0 aliphatic carbocycles. The summed E-state index contributed by atoms with van der Waals surface area (Å²) in [4.78, 5) is 25.0. The summed E-state index contributed by atoms with van der Waals surface area (Å²) in [7, 11) is 0. The highest BCUT2D eigenvalue weighted by atomic mass is 32.1. The van der Waals surface area contributed by atoms with Crippen LogP contribution in [-0.2, 0) is 20.7 Å². The van der Waals surface area contributed by atoms with Gasteiger partial charge in [-0.15, -0.1) is 4.37 Å². The van der Waals surface area contributed by atoms with Crippen LogP contribution in [0.5, 0.6) is 5.88 Å². The molecule has 1 heterocycles. The molecule has 164 valence electrons. The van der Waals surface area contributed by atoms with Crippen molar-refractivity contribution in [2.75, 3.05) is 37.7 Å². The Bertz CT molecular complexity index is 787. The molecule has 0 radical (unpaired) electrons. The number of rotatable bonds is 13. The summed E-state index contributed by atoms with van der Waals surface area (Å²) in [6.45, 7) is 4.97. The third-order valence-electron chi connectivity index (χ3n) is 4.15. The van der Waals surface area contributed by atoms with Crippen LogP contribution in [-0.4, -0.2) is 64.7 Å². The average molecular weight is 437 g/mol. The molecule has 0 bridgehead atoms. The van der Waals surface area contributed by atoms with Crippen molar-refractivity contribution in [3.63, 3.8) is 0 Å². The van der Waals surface area contributed by atoms with Crippen molar-refractivity contribution in [1.82, 2.24) is 14.1 Å². The van der Waals surface area contributed by atoms with E-state index in [1.165, 1.54) is 6.92 Å². The molecular formula is C20H28N4O5S. The topological polar surface area (TPSA) is 114 Å². The average Bonchev–Trinajstić information content (AvgIpc) is 3.18. The molecule has 10 heteroatoms. The number of esters is 1. The first-order chi connectivity index (χ1) is 14.5. The molecule has 0 saturated heterocycles. The largest absolute Gasteiger partial charge is 0.473 e. The van der Waals surface area contributed by atoms with Gasteiger partial charge in [0.25, 0.3) is 0 Å². The molecule has 1 unspecified atom stereocenters. The molecule has 0 fully saturated rings. The van der Waals surface area contributed by atoms with Crippen molar-refractivity contribution < 1.29 is 24.2 Å². The van der Waals surface area contributed by atoms with Gasteiger partial charge in [-0.2, -0.15) is 4.37 Å². The number of benzene rings is 1. The smallest absolute Gasteiger partial charge is 0.306 e. The fourth-order valence-electron chi connectivity index (χ4n) is 2.68. The minimum Gasteiger partial charge on any atom is -0.473 e. The fraction of sp³-hybridized carbons (Fsp3) is 0.500. The summed E-state index contributed by atoms with van der Waals surface area (Å²) >= 11 is 0.996. The Balaban J connectivity index is 1.69. The second-order valence-corrected chi connectivity index (χ2v) is 7.02. The quantitative estimate of drug-likeness (QED) is 0.358. The van der Waals surface area contributed by atoms with Crippen LogP contribution in [0.15, 0.2) is 30.3 Å². The van der Waals surface area contributed by atoms with Gasteiger partial charge in [0.2, 0.25) is 11.8 Å². The van der Waals surface area contributed by atoms with E-state index >= 15 is 0 Å². The van der Waals surface area contributed by atoms with Crippen molar-refractivity contribution in [3.05, 3.63) is 36.0 Å². The van der Waals surface area contributed by atoms with Crippen LogP contribution in [0.3, 0.4) is 0 Å². The van der Waals surface area contributed by atoms with Crippen molar-refractivity contribution in [2.24, 2.45) is 0 Å². The number of para-hydroxylation sites is 1. The molecule has 0 aliphatic rings. The first-order valence-corrected chi connectivity index (χ1v) is 10.6. The van der Waals surface area contributed by atoms with Gasteiger partial charge >= 0.3 is 5.97 Å². The molecule has 1 aromatic heterocycles. The maximum absolute atomic E-state index is 11.9. The van der Waals surface area contributed by atoms with E-state index in [1.54, 1.807) is 11.8 Å². The molecule has 1 atom stereocenters. The molecule has 9 nitrogen and oxygen atoms in total. The number of ether oxygens (including phenoxy) is 2. The van der Waals surface area contributed by atoms with Crippen LogP contribution in [0.4, 0.5) is 5.69 Å². The van der Waals surface area contributed by atoms with Gasteiger partial charge in [-0.3, -0.25) is 9.59 Å². The van der Waals surface area contributed by atoms with Gasteiger partial charge in [0.05, 0.1) is 24.8 Å². The highest BCUT2D eigenvalue weighted by Gasteiger charge is 2.15. The SMILES string of the molecule is CCOC(=O)CCc1nsnc1OCC(O)CNCCN(C(C)=O)c1ccccc1. The van der Waals surface area contributed by atoms with Gasteiger partial charge in [0, 0.05) is 38.7 Å². The molecule has 1 amide bonds. The third kappa shape index (κ3) is 8.05. The van der Waals surface area contributed by atoms with Gasteiger partial charge < -0.3 is 24.8 Å². The van der Waals surface area contributed by atoms with Gasteiger partial charge in [-0.05, 0) is 19.1 Å². The predicted octanol–water partition coefficient (Wildman–Crippen LogP) is 1.42. The monoisotopic (exact) mass is 436 g/mol. The third-order valence-corrected chi connectivity index (χ3v) is 4.69. The van der Waals surface area contributed by atoms with E-state index in [0.717, 1.165) is 17.4 Å². The molecule has 0 aliphatic heterocycles. The predicted molar refractivity (Wildman–Crippen MR) is 114 cm³/mol. The van der Waals surface area contributed by atoms with Crippen LogP contribution in [0.2, 0.25) is 0 Å². The summed E-state index contributed by atoms with van der Waals surface area (Å²) in [5.74, 6) is -0.00997. The molecular weight excluding hydrogens is 408 g/mol. The molecule has 0 saturated carbocycles. The van der Waals surface area contributed by atoms with E-state index in [4.69, 9.17) is 9.47 Å². The highest BCUT2D eigenvalue weighted by molar-refractivity contribution is 6.99. The first-order valence-electron chi connectivity index (χ1n) is 9.83. The Morgan fingerprint density at radius 2 is 2.03 bits per heavy atom. The van der Waals surface area contributed by atoms with Crippen LogP contribution in [0.1, 0.15) is 26.0 Å². The van der Waals surface area contributed by atoms with Gasteiger partial charge in [-0.1, -0.05) is 18.2 Å². The number of nitrogens with zero attached hydrogens (tertiary/aromatic N) is 3. The number of aliphatic hydroxyl groups excluding tert-OH is 1. The summed E-state index contributed by atoms with van der Waals surface area (Å²) in [6.07, 6.45) is -0.181. The first kappa shape index (κ1) is 23.7. The minimum absolute atomic E-state index is 0.0416. The number of aryl methyl sites for hydroxylation is 1. The molecule has 2 rings (SSSR count). The number of amides is 1. The molecule has 0 spiro atoms. The lowest BCUT2D eigenvalue weighted by molar-refractivity contribution is -0.143. The second-order valence-electron chi connectivity index (χ2n) is 6.50. The van der Waals surface area contributed by atoms with Crippen LogP contribution >= 0.6 is 11.7 Å². The number of hydrogen-bond acceptors (Lipinski definition) is 9. The van der Waals surface area contributed by atoms with E-state index in [-0.39, 0.29) is 24.9 Å². The zero-order chi connectivity index (χ0) is 21.8. The Kier molecular flexibility index (Phi) is 10.2.